The van der Waals surface area contributed by atoms with Crippen LogP contribution in [-0.2, 0) is 16.6 Å². The maximum atomic E-state index is 12.2. The van der Waals surface area contributed by atoms with Crippen molar-refractivity contribution in [3.05, 3.63) is 46.2 Å². The summed E-state index contributed by atoms with van der Waals surface area (Å²) in [6.45, 7) is 1.56. The zero-order chi connectivity index (χ0) is 13.2. The normalized spacial score (nSPS) is 11.4. The minimum atomic E-state index is -3.63. The first-order valence-electron chi connectivity index (χ1n) is 5.30. The van der Waals surface area contributed by atoms with Crippen LogP contribution in [0.3, 0.4) is 0 Å². The van der Waals surface area contributed by atoms with E-state index in [-0.39, 0.29) is 11.5 Å². The van der Waals surface area contributed by atoms with Gasteiger partial charge in [0.25, 0.3) is 10.0 Å². The van der Waals surface area contributed by atoms with Crippen LogP contribution in [0.1, 0.15) is 10.4 Å². The molecule has 0 amide bonds. The van der Waals surface area contributed by atoms with Crippen molar-refractivity contribution in [1.82, 2.24) is 0 Å². The third-order valence-corrected chi connectivity index (χ3v) is 5.01. The third-order valence-electron chi connectivity index (χ3n) is 2.53. The van der Waals surface area contributed by atoms with E-state index >= 15 is 0 Å². The number of nitrogens with one attached hydrogen (secondary N) is 1. The Labute approximate surface area is 110 Å². The summed E-state index contributed by atoms with van der Waals surface area (Å²) >= 11 is 1.22. The lowest BCUT2D eigenvalue weighted by Crippen LogP contribution is -2.14. The molecule has 0 aliphatic heterocycles. The second-order valence-electron chi connectivity index (χ2n) is 3.79. The quantitative estimate of drug-likeness (QED) is 0.905. The number of benzene rings is 1. The predicted molar refractivity (Wildman–Crippen MR) is 72.2 cm³/mol. The number of hydrogen-bond donors (Lipinski definition) is 2. The number of aliphatic hydroxyl groups excluding tert-OH is 1. The molecule has 0 aliphatic carbocycles. The summed E-state index contributed by atoms with van der Waals surface area (Å²) < 4.78 is 26.9. The first-order chi connectivity index (χ1) is 8.54. The van der Waals surface area contributed by atoms with Gasteiger partial charge in [-0.2, -0.15) is 0 Å². The highest BCUT2D eigenvalue weighted by Crippen LogP contribution is 2.25. The van der Waals surface area contributed by atoms with Gasteiger partial charge in [-0.15, -0.1) is 11.3 Å². The summed E-state index contributed by atoms with van der Waals surface area (Å²) in [5.74, 6) is 0. The molecule has 1 aromatic heterocycles. The van der Waals surface area contributed by atoms with Crippen molar-refractivity contribution in [2.75, 3.05) is 4.72 Å². The lowest BCUT2D eigenvalue weighted by molar-refractivity contribution is 0.282. The molecule has 4 nitrogen and oxygen atoms in total. The highest BCUT2D eigenvalue weighted by molar-refractivity contribution is 7.93. The Hall–Kier alpha value is -1.37. The highest BCUT2D eigenvalue weighted by atomic mass is 32.2. The SMILES string of the molecule is Cc1ccccc1NS(=O)(=O)c1ccsc1CO. The Morgan fingerprint density at radius 2 is 2.00 bits per heavy atom. The number of anilines is 1. The van der Waals surface area contributed by atoms with Crippen molar-refractivity contribution in [2.45, 2.75) is 18.4 Å². The van der Waals surface area contributed by atoms with Crippen molar-refractivity contribution in [1.29, 1.82) is 0 Å². The van der Waals surface area contributed by atoms with Gasteiger partial charge in [-0.3, -0.25) is 4.72 Å². The molecular weight excluding hydrogens is 270 g/mol. The van der Waals surface area contributed by atoms with E-state index in [1.807, 2.05) is 19.1 Å². The topological polar surface area (TPSA) is 66.4 Å². The van der Waals surface area contributed by atoms with Crippen LogP contribution in [-0.4, -0.2) is 13.5 Å². The lowest BCUT2D eigenvalue weighted by atomic mass is 10.2. The second-order valence-corrected chi connectivity index (χ2v) is 6.44. The lowest BCUT2D eigenvalue weighted by Gasteiger charge is -2.10. The molecule has 0 saturated carbocycles. The molecule has 6 heteroatoms. The molecule has 0 spiro atoms. The van der Waals surface area contributed by atoms with E-state index < -0.39 is 10.0 Å². The van der Waals surface area contributed by atoms with E-state index in [1.54, 1.807) is 17.5 Å². The fourth-order valence-electron chi connectivity index (χ4n) is 1.57. The van der Waals surface area contributed by atoms with Gasteiger partial charge in [0.1, 0.15) is 4.90 Å². The minimum Gasteiger partial charge on any atom is -0.391 e. The van der Waals surface area contributed by atoms with Gasteiger partial charge in [0, 0.05) is 0 Å². The largest absolute Gasteiger partial charge is 0.391 e. The molecule has 1 heterocycles. The number of para-hydroxylation sites is 1. The van der Waals surface area contributed by atoms with Crippen LogP contribution in [0.2, 0.25) is 0 Å². The van der Waals surface area contributed by atoms with Gasteiger partial charge in [-0.05, 0) is 30.0 Å². The monoisotopic (exact) mass is 283 g/mol. The Balaban J connectivity index is 2.37. The van der Waals surface area contributed by atoms with Crippen LogP contribution < -0.4 is 4.72 Å². The van der Waals surface area contributed by atoms with Gasteiger partial charge in [0.2, 0.25) is 0 Å². The summed E-state index contributed by atoms with van der Waals surface area (Å²) in [6, 6.07) is 8.65. The summed E-state index contributed by atoms with van der Waals surface area (Å²) in [5.41, 5.74) is 1.40. The maximum Gasteiger partial charge on any atom is 0.263 e. The van der Waals surface area contributed by atoms with Crippen LogP contribution in [0, 0.1) is 6.92 Å². The number of thiophene rings is 1. The van der Waals surface area contributed by atoms with Crippen LogP contribution in [0.5, 0.6) is 0 Å². The molecule has 1 aromatic carbocycles. The van der Waals surface area contributed by atoms with Crippen LogP contribution in [0.4, 0.5) is 5.69 Å². The summed E-state index contributed by atoms with van der Waals surface area (Å²) in [6.07, 6.45) is 0. The first kappa shape index (κ1) is 13.1. The first-order valence-corrected chi connectivity index (χ1v) is 7.66. The second kappa shape index (κ2) is 5.09. The predicted octanol–water partition coefficient (Wildman–Crippen LogP) is 2.35. The van der Waals surface area contributed by atoms with E-state index in [1.165, 1.54) is 17.4 Å². The van der Waals surface area contributed by atoms with E-state index in [0.717, 1.165) is 5.56 Å². The van der Waals surface area contributed by atoms with Crippen molar-refractivity contribution in [3.8, 4) is 0 Å². The van der Waals surface area contributed by atoms with Gasteiger partial charge in [0.15, 0.2) is 0 Å². The zero-order valence-electron chi connectivity index (χ0n) is 9.75. The molecule has 0 aliphatic rings. The molecule has 2 aromatic rings. The molecule has 0 unspecified atom stereocenters. The molecule has 96 valence electrons. The van der Waals surface area contributed by atoms with Gasteiger partial charge in [-0.25, -0.2) is 8.42 Å². The maximum absolute atomic E-state index is 12.2. The minimum absolute atomic E-state index is 0.137. The Morgan fingerprint density at radius 1 is 1.28 bits per heavy atom. The summed E-state index contributed by atoms with van der Waals surface area (Å²) in [4.78, 5) is 0.578. The standard InChI is InChI=1S/C12H13NO3S2/c1-9-4-2-3-5-10(9)13-18(15,16)12-6-7-17-11(12)8-14/h2-7,13-14H,8H2,1H3. The molecule has 2 rings (SSSR count). The summed E-state index contributed by atoms with van der Waals surface area (Å²) in [7, 11) is -3.63. The number of aliphatic hydroxyl groups is 1. The van der Waals surface area contributed by atoms with Gasteiger partial charge >= 0.3 is 0 Å². The summed E-state index contributed by atoms with van der Waals surface area (Å²) in [5, 5.41) is 10.8. The van der Waals surface area contributed by atoms with Crippen molar-refractivity contribution in [3.63, 3.8) is 0 Å². The van der Waals surface area contributed by atoms with E-state index in [4.69, 9.17) is 5.11 Å². The zero-order valence-corrected chi connectivity index (χ0v) is 11.4. The molecule has 0 saturated heterocycles. The molecule has 0 fully saturated rings. The average Bonchev–Trinajstić information content (AvgIpc) is 2.81. The van der Waals surface area contributed by atoms with Gasteiger partial charge in [-0.1, -0.05) is 18.2 Å². The Kier molecular flexibility index (Phi) is 3.70. The van der Waals surface area contributed by atoms with Crippen LogP contribution in [0.25, 0.3) is 0 Å². The number of sulfonamides is 1. The van der Waals surface area contributed by atoms with Crippen LogP contribution >= 0.6 is 11.3 Å². The molecule has 18 heavy (non-hydrogen) atoms. The Bertz CT molecular complexity index is 647. The van der Waals surface area contributed by atoms with E-state index in [9.17, 15) is 8.42 Å². The number of rotatable bonds is 4. The van der Waals surface area contributed by atoms with Gasteiger partial charge < -0.3 is 5.11 Å². The average molecular weight is 283 g/mol. The van der Waals surface area contributed by atoms with Crippen molar-refractivity contribution >= 4 is 27.0 Å². The fraction of sp³-hybridized carbons (Fsp3) is 0.167. The molecule has 0 atom stereocenters. The molecule has 0 radical (unpaired) electrons. The number of aryl methyl sites for hydroxylation is 1. The van der Waals surface area contributed by atoms with Crippen molar-refractivity contribution < 1.29 is 13.5 Å². The van der Waals surface area contributed by atoms with Crippen molar-refractivity contribution in [2.24, 2.45) is 0 Å². The van der Waals surface area contributed by atoms with E-state index in [2.05, 4.69) is 4.72 Å². The Morgan fingerprint density at radius 3 is 2.67 bits per heavy atom. The molecule has 0 bridgehead atoms. The molecular formula is C12H13NO3S2. The smallest absolute Gasteiger partial charge is 0.263 e. The number of hydrogen-bond acceptors (Lipinski definition) is 4. The molecule has 2 N–H and O–H groups in total. The van der Waals surface area contributed by atoms with Crippen LogP contribution in [0.15, 0.2) is 40.6 Å². The fourth-order valence-corrected chi connectivity index (χ4v) is 4.00. The highest BCUT2D eigenvalue weighted by Gasteiger charge is 2.19. The van der Waals surface area contributed by atoms with Gasteiger partial charge in [0.05, 0.1) is 17.2 Å². The van der Waals surface area contributed by atoms with E-state index in [0.29, 0.717) is 10.6 Å². The third kappa shape index (κ3) is 2.55.